The molecule has 0 saturated heterocycles. The van der Waals surface area contributed by atoms with Gasteiger partial charge < -0.3 is 35.8 Å². The SMILES string of the molecule is CCOC(=O)C[C@@H](CCCN1CC(=O)N(C)c2ccc(NC(=O)NCc3ccccc3)cc2C1=O)c1ccc(NC(=O)NCc2ccccc2)cc1. The first kappa shape index (κ1) is 37.1. The van der Waals surface area contributed by atoms with Crippen LogP contribution in [0.2, 0.25) is 0 Å². The van der Waals surface area contributed by atoms with Crippen LogP contribution in [0, 0.1) is 0 Å². The Morgan fingerprint density at radius 1 is 0.769 bits per heavy atom. The van der Waals surface area contributed by atoms with Gasteiger partial charge in [0, 0.05) is 38.1 Å². The maximum absolute atomic E-state index is 13.8. The van der Waals surface area contributed by atoms with Gasteiger partial charge in [-0.2, -0.15) is 0 Å². The summed E-state index contributed by atoms with van der Waals surface area (Å²) in [5.74, 6) is -1.13. The molecule has 0 bridgehead atoms. The number of ether oxygens (including phenoxy) is 1. The monoisotopic (exact) mass is 704 g/mol. The van der Waals surface area contributed by atoms with Crippen LogP contribution < -0.4 is 26.2 Å². The quantitative estimate of drug-likeness (QED) is 0.114. The van der Waals surface area contributed by atoms with E-state index in [2.05, 4.69) is 21.3 Å². The molecule has 1 heterocycles. The van der Waals surface area contributed by atoms with E-state index in [0.717, 1.165) is 16.7 Å². The second-order valence-electron chi connectivity index (χ2n) is 12.5. The predicted octanol–water partition coefficient (Wildman–Crippen LogP) is 6.27. The molecule has 0 fully saturated rings. The number of hydrogen-bond acceptors (Lipinski definition) is 6. The number of carbonyl (C=O) groups is 5. The van der Waals surface area contributed by atoms with Crippen LogP contribution in [-0.4, -0.2) is 61.5 Å². The Hall–Kier alpha value is -6.17. The molecule has 4 aromatic carbocycles. The fourth-order valence-corrected chi connectivity index (χ4v) is 5.99. The number of anilines is 3. The lowest BCUT2D eigenvalue weighted by molar-refractivity contribution is -0.143. The third kappa shape index (κ3) is 10.4. The summed E-state index contributed by atoms with van der Waals surface area (Å²) < 4.78 is 5.25. The lowest BCUT2D eigenvalue weighted by Gasteiger charge is -2.22. The summed E-state index contributed by atoms with van der Waals surface area (Å²) in [6.45, 7) is 2.91. The van der Waals surface area contributed by atoms with Crippen molar-refractivity contribution in [3.05, 3.63) is 125 Å². The fraction of sp³-hybridized carbons (Fsp3) is 0.275. The topological polar surface area (TPSA) is 149 Å². The molecule has 1 atom stereocenters. The van der Waals surface area contributed by atoms with Crippen LogP contribution in [0.4, 0.5) is 26.7 Å². The van der Waals surface area contributed by atoms with Crippen molar-refractivity contribution in [2.75, 3.05) is 42.3 Å². The lowest BCUT2D eigenvalue weighted by Crippen LogP contribution is -2.38. The van der Waals surface area contributed by atoms with E-state index in [-0.39, 0.29) is 55.8 Å². The third-order valence-corrected chi connectivity index (χ3v) is 8.76. The van der Waals surface area contributed by atoms with Crippen molar-refractivity contribution in [3.8, 4) is 0 Å². The Labute approximate surface area is 303 Å². The zero-order chi connectivity index (χ0) is 36.9. The van der Waals surface area contributed by atoms with Crippen molar-refractivity contribution >= 4 is 46.9 Å². The standard InChI is InChI=1S/C40H44N6O6/c1-3-52-37(48)23-31(30-16-18-32(19-17-30)43-39(50)41-25-28-11-6-4-7-12-28)15-10-22-46-27-36(47)45(2)35-21-20-33(24-34(35)38(46)49)44-40(51)42-26-29-13-8-5-9-14-29/h4-9,11-14,16-21,24,31H,3,10,15,22-23,25-27H2,1-2H3,(H2,41,43,50)(H2,42,44,51)/t31-/m1/s1. The van der Waals surface area contributed by atoms with E-state index >= 15 is 0 Å². The van der Waals surface area contributed by atoms with E-state index < -0.39 is 6.03 Å². The van der Waals surface area contributed by atoms with E-state index in [4.69, 9.17) is 4.74 Å². The molecule has 52 heavy (non-hydrogen) atoms. The molecule has 12 heteroatoms. The van der Waals surface area contributed by atoms with Crippen LogP contribution >= 0.6 is 0 Å². The minimum atomic E-state index is -0.422. The van der Waals surface area contributed by atoms with E-state index in [9.17, 15) is 24.0 Å². The van der Waals surface area contributed by atoms with Crippen molar-refractivity contribution in [2.45, 2.75) is 45.2 Å². The maximum Gasteiger partial charge on any atom is 0.319 e. The summed E-state index contributed by atoms with van der Waals surface area (Å²) >= 11 is 0. The summed E-state index contributed by atoms with van der Waals surface area (Å²) in [6.07, 6.45) is 1.18. The molecule has 270 valence electrons. The largest absolute Gasteiger partial charge is 0.466 e. The van der Waals surface area contributed by atoms with Crippen molar-refractivity contribution in [3.63, 3.8) is 0 Å². The van der Waals surface area contributed by atoms with Crippen LogP contribution in [0.1, 0.15) is 59.2 Å². The average molecular weight is 705 g/mol. The number of carbonyl (C=O) groups excluding carboxylic acids is 5. The van der Waals surface area contributed by atoms with E-state index in [1.165, 1.54) is 9.80 Å². The van der Waals surface area contributed by atoms with Gasteiger partial charge in [-0.1, -0.05) is 72.8 Å². The van der Waals surface area contributed by atoms with Crippen molar-refractivity contribution in [1.29, 1.82) is 0 Å². The molecule has 0 aliphatic carbocycles. The number of rotatable bonds is 14. The highest BCUT2D eigenvalue weighted by Crippen LogP contribution is 2.30. The number of hydrogen-bond donors (Lipinski definition) is 4. The molecule has 0 aromatic heterocycles. The first-order valence-electron chi connectivity index (χ1n) is 17.3. The first-order valence-corrected chi connectivity index (χ1v) is 17.3. The molecule has 1 aliphatic rings. The molecule has 0 spiro atoms. The van der Waals surface area contributed by atoms with Gasteiger partial charge in [0.1, 0.15) is 6.54 Å². The summed E-state index contributed by atoms with van der Waals surface area (Å²) in [6, 6.07) is 30.6. The van der Waals surface area contributed by atoms with Crippen molar-refractivity contribution in [2.24, 2.45) is 0 Å². The zero-order valence-electron chi connectivity index (χ0n) is 29.4. The lowest BCUT2D eigenvalue weighted by atomic mass is 9.91. The Balaban J connectivity index is 1.21. The van der Waals surface area contributed by atoms with Gasteiger partial charge in [0.2, 0.25) is 5.91 Å². The summed E-state index contributed by atoms with van der Waals surface area (Å²) in [5, 5.41) is 11.3. The highest BCUT2D eigenvalue weighted by Gasteiger charge is 2.30. The van der Waals surface area contributed by atoms with Gasteiger partial charge in [-0.25, -0.2) is 9.59 Å². The fourth-order valence-electron chi connectivity index (χ4n) is 5.99. The molecule has 0 saturated carbocycles. The van der Waals surface area contributed by atoms with Crippen LogP contribution in [0.5, 0.6) is 0 Å². The number of urea groups is 2. The van der Waals surface area contributed by atoms with Gasteiger partial charge in [0.05, 0.1) is 24.3 Å². The van der Waals surface area contributed by atoms with E-state index in [0.29, 0.717) is 48.6 Å². The highest BCUT2D eigenvalue weighted by molar-refractivity contribution is 6.10. The molecular formula is C40H44N6O6. The van der Waals surface area contributed by atoms with Crippen LogP contribution in [-0.2, 0) is 27.4 Å². The molecule has 4 aromatic rings. The number of nitrogens with one attached hydrogen (secondary N) is 4. The van der Waals surface area contributed by atoms with Gasteiger partial charge in [0.15, 0.2) is 0 Å². The Bertz CT molecular complexity index is 1850. The Kier molecular flexibility index (Phi) is 13.0. The average Bonchev–Trinajstić information content (AvgIpc) is 3.24. The molecule has 0 radical (unpaired) electrons. The second kappa shape index (κ2) is 18.2. The minimum Gasteiger partial charge on any atom is -0.466 e. The van der Waals surface area contributed by atoms with Crippen LogP contribution in [0.25, 0.3) is 0 Å². The predicted molar refractivity (Wildman–Crippen MR) is 200 cm³/mol. The number of amides is 6. The summed E-state index contributed by atoms with van der Waals surface area (Å²) in [5.41, 5.74) is 4.59. The van der Waals surface area contributed by atoms with Crippen molar-refractivity contribution < 1.29 is 28.7 Å². The van der Waals surface area contributed by atoms with E-state index in [1.807, 2.05) is 72.8 Å². The summed E-state index contributed by atoms with van der Waals surface area (Å²) in [4.78, 5) is 67.6. The number of benzene rings is 4. The maximum atomic E-state index is 13.8. The number of nitrogens with zero attached hydrogens (tertiary/aromatic N) is 2. The van der Waals surface area contributed by atoms with Gasteiger partial charge in [0.25, 0.3) is 5.91 Å². The number of esters is 1. The van der Waals surface area contributed by atoms with Gasteiger partial charge in [-0.05, 0) is 72.7 Å². The van der Waals surface area contributed by atoms with Gasteiger partial charge in [-0.15, -0.1) is 0 Å². The van der Waals surface area contributed by atoms with Gasteiger partial charge in [-0.3, -0.25) is 14.4 Å². The summed E-state index contributed by atoms with van der Waals surface area (Å²) in [7, 11) is 1.62. The Morgan fingerprint density at radius 2 is 1.35 bits per heavy atom. The third-order valence-electron chi connectivity index (χ3n) is 8.76. The molecule has 0 unspecified atom stereocenters. The molecule has 5 rings (SSSR count). The number of likely N-dealkylation sites (N-methyl/N-ethyl adjacent to an activating group) is 1. The van der Waals surface area contributed by atoms with Crippen molar-refractivity contribution in [1.82, 2.24) is 15.5 Å². The first-order chi connectivity index (χ1) is 25.2. The Morgan fingerprint density at radius 3 is 1.94 bits per heavy atom. The molecule has 4 N–H and O–H groups in total. The van der Waals surface area contributed by atoms with E-state index in [1.54, 1.807) is 44.3 Å². The molecule has 12 nitrogen and oxygen atoms in total. The highest BCUT2D eigenvalue weighted by atomic mass is 16.5. The van der Waals surface area contributed by atoms with Crippen LogP contribution in [0.3, 0.4) is 0 Å². The smallest absolute Gasteiger partial charge is 0.319 e. The van der Waals surface area contributed by atoms with Gasteiger partial charge >= 0.3 is 18.0 Å². The van der Waals surface area contributed by atoms with Crippen LogP contribution in [0.15, 0.2) is 103 Å². The molecule has 6 amide bonds. The molecule has 1 aliphatic heterocycles. The number of fused-ring (bicyclic) bond motifs is 1. The zero-order valence-corrected chi connectivity index (χ0v) is 29.4. The second-order valence-corrected chi connectivity index (χ2v) is 12.5. The molecular weight excluding hydrogens is 660 g/mol. The minimum absolute atomic E-state index is 0.112. The normalized spacial score (nSPS) is 13.0.